The van der Waals surface area contributed by atoms with Gasteiger partial charge in [-0.15, -0.1) is 5.10 Å². The smallest absolute Gasteiger partial charge is 0.318 e. The topological polar surface area (TPSA) is 86.5 Å². The van der Waals surface area contributed by atoms with Gasteiger partial charge in [0.15, 0.2) is 0 Å². The summed E-state index contributed by atoms with van der Waals surface area (Å²) in [6.45, 7) is 4.68. The molecule has 0 aliphatic heterocycles. The summed E-state index contributed by atoms with van der Waals surface area (Å²) in [5, 5.41) is 13.0. The zero-order chi connectivity index (χ0) is 23.1. The number of aromatic nitrogens is 6. The van der Waals surface area contributed by atoms with Crippen LogP contribution in [0.15, 0.2) is 53.3 Å². The molecule has 0 amide bonds. The highest BCUT2D eigenvalue weighted by Gasteiger charge is 2.19. The van der Waals surface area contributed by atoms with Crippen molar-refractivity contribution in [3.63, 3.8) is 0 Å². The predicted molar refractivity (Wildman–Crippen MR) is 125 cm³/mol. The van der Waals surface area contributed by atoms with Gasteiger partial charge < -0.3 is 18.5 Å². The Balaban J connectivity index is 1.41. The van der Waals surface area contributed by atoms with Crippen molar-refractivity contribution in [1.82, 2.24) is 29.4 Å². The maximum Gasteiger partial charge on any atom is 0.318 e. The van der Waals surface area contributed by atoms with E-state index < -0.39 is 0 Å². The molecule has 0 saturated carbocycles. The quantitative estimate of drug-likeness (QED) is 0.391. The first kappa shape index (κ1) is 20.7. The lowest BCUT2D eigenvalue weighted by Gasteiger charge is -2.14. The van der Waals surface area contributed by atoms with Crippen molar-refractivity contribution < 1.29 is 9.15 Å². The number of benzene rings is 1. The van der Waals surface area contributed by atoms with E-state index in [9.17, 15) is 0 Å². The van der Waals surface area contributed by atoms with Gasteiger partial charge in [-0.1, -0.05) is 17.2 Å². The van der Waals surface area contributed by atoms with E-state index in [1.807, 2.05) is 77.7 Å². The normalized spacial score (nSPS) is 11.3. The molecule has 0 unspecified atom stereocenters. The van der Waals surface area contributed by atoms with E-state index in [0.29, 0.717) is 24.2 Å². The Hall–Kier alpha value is -4.14. The second-order valence-corrected chi connectivity index (χ2v) is 8.06. The first-order chi connectivity index (χ1) is 15.9. The minimum absolute atomic E-state index is 0.407. The first-order valence-corrected chi connectivity index (χ1v) is 10.6. The van der Waals surface area contributed by atoms with Crippen LogP contribution in [0.5, 0.6) is 5.75 Å². The zero-order valence-electron chi connectivity index (χ0n) is 19.3. The van der Waals surface area contributed by atoms with Crippen LogP contribution in [-0.4, -0.2) is 43.5 Å². The van der Waals surface area contributed by atoms with Crippen LogP contribution in [0.3, 0.4) is 0 Å². The minimum Gasteiger partial charge on any atom is -0.496 e. The molecule has 9 heteroatoms. The molecule has 4 aromatic heterocycles. The third kappa shape index (κ3) is 3.71. The van der Waals surface area contributed by atoms with Gasteiger partial charge in [0.1, 0.15) is 11.4 Å². The number of ether oxygens (including phenoxy) is 1. The molecule has 0 atom stereocenters. The number of pyridine rings is 1. The molecule has 5 aromatic rings. The Kier molecular flexibility index (Phi) is 5.08. The maximum absolute atomic E-state index is 6.00. The maximum atomic E-state index is 6.00. The summed E-state index contributed by atoms with van der Waals surface area (Å²) in [4.78, 5) is 6.19. The number of aryl methyl sites for hydroxylation is 2. The lowest BCUT2D eigenvalue weighted by molar-refractivity contribution is 0.414. The van der Waals surface area contributed by atoms with Crippen molar-refractivity contribution >= 4 is 11.7 Å². The van der Waals surface area contributed by atoms with Crippen molar-refractivity contribution in [2.24, 2.45) is 7.05 Å². The number of fused-ring (bicyclic) bond motifs is 1. The van der Waals surface area contributed by atoms with Crippen LogP contribution in [0.1, 0.15) is 17.0 Å². The highest BCUT2D eigenvalue weighted by Crippen LogP contribution is 2.36. The molecule has 0 aliphatic carbocycles. The fraction of sp³-hybridized carbons (Fsp3) is 0.250. The number of hydrogen-bond donors (Lipinski definition) is 0. The van der Waals surface area contributed by atoms with Crippen molar-refractivity contribution in [3.05, 3.63) is 65.9 Å². The Morgan fingerprint density at radius 1 is 1.12 bits per heavy atom. The minimum atomic E-state index is 0.407. The van der Waals surface area contributed by atoms with E-state index >= 15 is 0 Å². The summed E-state index contributed by atoms with van der Waals surface area (Å²) in [5.74, 6) is 1.07. The lowest BCUT2D eigenvalue weighted by atomic mass is 10.0. The monoisotopic (exact) mass is 443 g/mol. The number of methoxy groups -OCH3 is 1. The van der Waals surface area contributed by atoms with Crippen LogP contribution in [0.25, 0.3) is 28.2 Å². The van der Waals surface area contributed by atoms with E-state index in [1.54, 1.807) is 13.3 Å². The number of imidazole rings is 1. The van der Waals surface area contributed by atoms with Crippen LogP contribution in [-0.2, 0) is 13.6 Å². The first-order valence-electron chi connectivity index (χ1n) is 10.6. The van der Waals surface area contributed by atoms with Crippen LogP contribution in [0.4, 0.5) is 6.01 Å². The Bertz CT molecular complexity index is 1450. The highest BCUT2D eigenvalue weighted by atomic mass is 16.5. The fourth-order valence-corrected chi connectivity index (χ4v) is 4.09. The summed E-state index contributed by atoms with van der Waals surface area (Å²) in [5.41, 5.74) is 6.96. The molecule has 4 heterocycles. The predicted octanol–water partition coefficient (Wildman–Crippen LogP) is 4.05. The summed E-state index contributed by atoms with van der Waals surface area (Å²) in [6.07, 6.45) is 5.75. The molecule has 33 heavy (non-hydrogen) atoms. The molecule has 0 bridgehead atoms. The average molecular weight is 444 g/mol. The lowest BCUT2D eigenvalue weighted by Crippen LogP contribution is -2.17. The molecule has 0 saturated heterocycles. The summed E-state index contributed by atoms with van der Waals surface area (Å²) in [7, 11) is 5.51. The van der Waals surface area contributed by atoms with Crippen molar-refractivity contribution in [1.29, 1.82) is 0 Å². The zero-order valence-corrected chi connectivity index (χ0v) is 19.3. The summed E-state index contributed by atoms with van der Waals surface area (Å²) >= 11 is 0. The van der Waals surface area contributed by atoms with Crippen molar-refractivity contribution in [2.45, 2.75) is 20.4 Å². The van der Waals surface area contributed by atoms with Gasteiger partial charge in [-0.05, 0) is 43.2 Å². The highest BCUT2D eigenvalue weighted by molar-refractivity contribution is 5.75. The second kappa shape index (κ2) is 8.09. The molecule has 168 valence electrons. The third-order valence-electron chi connectivity index (χ3n) is 5.84. The van der Waals surface area contributed by atoms with Gasteiger partial charge in [0.2, 0.25) is 0 Å². The van der Waals surface area contributed by atoms with Crippen LogP contribution in [0, 0.1) is 13.8 Å². The summed E-state index contributed by atoms with van der Waals surface area (Å²) < 4.78 is 15.5. The average Bonchev–Trinajstić information content (AvgIpc) is 3.53. The number of anilines is 1. The molecule has 1 aromatic carbocycles. The standard InChI is InChI=1S/C24H25N7O2/c1-15-22(16(2)30(4)28-15)18-7-8-19(20(12-18)32-5)23-26-27-24(33-23)29(3)13-17-6-9-21-25-10-11-31(21)14-17/h6-12,14H,13H2,1-5H3. The Morgan fingerprint density at radius 3 is 2.73 bits per heavy atom. The van der Waals surface area contributed by atoms with Crippen molar-refractivity contribution in [3.8, 4) is 28.3 Å². The molecule has 5 rings (SSSR count). The van der Waals surface area contributed by atoms with Gasteiger partial charge in [-0.3, -0.25) is 4.68 Å². The molecule has 0 radical (unpaired) electrons. The van der Waals surface area contributed by atoms with Gasteiger partial charge in [0.25, 0.3) is 5.89 Å². The molecule has 0 aliphatic rings. The van der Waals surface area contributed by atoms with E-state index in [2.05, 4.69) is 27.2 Å². The number of hydrogen-bond acceptors (Lipinski definition) is 7. The Morgan fingerprint density at radius 2 is 1.97 bits per heavy atom. The fourth-order valence-electron chi connectivity index (χ4n) is 4.09. The van der Waals surface area contributed by atoms with Gasteiger partial charge in [-0.25, -0.2) is 4.98 Å². The van der Waals surface area contributed by atoms with Crippen LogP contribution < -0.4 is 9.64 Å². The number of nitrogens with zero attached hydrogens (tertiary/aromatic N) is 7. The van der Waals surface area contributed by atoms with E-state index in [4.69, 9.17) is 9.15 Å². The summed E-state index contributed by atoms with van der Waals surface area (Å²) in [6, 6.07) is 10.4. The van der Waals surface area contributed by atoms with Gasteiger partial charge in [0, 0.05) is 50.5 Å². The van der Waals surface area contributed by atoms with E-state index in [1.165, 1.54) is 0 Å². The van der Waals surface area contributed by atoms with Gasteiger partial charge in [-0.2, -0.15) is 5.10 Å². The molecule has 9 nitrogen and oxygen atoms in total. The Labute approximate surface area is 191 Å². The van der Waals surface area contributed by atoms with Gasteiger partial charge >= 0.3 is 6.01 Å². The van der Waals surface area contributed by atoms with Crippen molar-refractivity contribution in [2.75, 3.05) is 19.1 Å². The SMILES string of the molecule is COc1cc(-c2c(C)nn(C)c2C)ccc1-c1nnc(N(C)Cc2ccc3nccn3c2)o1. The second-order valence-electron chi connectivity index (χ2n) is 8.06. The van der Waals surface area contributed by atoms with E-state index in [-0.39, 0.29) is 0 Å². The van der Waals surface area contributed by atoms with Crippen LogP contribution >= 0.6 is 0 Å². The molecular weight excluding hydrogens is 418 g/mol. The molecule has 0 fully saturated rings. The molecule has 0 N–H and O–H groups in total. The molecular formula is C24H25N7O2. The van der Waals surface area contributed by atoms with Crippen LogP contribution in [0.2, 0.25) is 0 Å². The van der Waals surface area contributed by atoms with Gasteiger partial charge in [0.05, 0.1) is 18.4 Å². The number of rotatable bonds is 6. The molecule has 0 spiro atoms. The van der Waals surface area contributed by atoms with E-state index in [0.717, 1.165) is 39.3 Å². The third-order valence-corrected chi connectivity index (χ3v) is 5.84. The largest absolute Gasteiger partial charge is 0.496 e.